The van der Waals surface area contributed by atoms with E-state index in [1.165, 1.54) is 0 Å². The lowest BCUT2D eigenvalue weighted by atomic mass is 9.89. The summed E-state index contributed by atoms with van der Waals surface area (Å²) in [4.78, 5) is 15.2. The van der Waals surface area contributed by atoms with Crippen LogP contribution in [-0.2, 0) is 10.0 Å². The smallest absolute Gasteiger partial charge is 0.250 e. The van der Waals surface area contributed by atoms with Gasteiger partial charge in [-0.25, -0.2) is 17.4 Å². The highest BCUT2D eigenvalue weighted by Crippen LogP contribution is 2.36. The maximum atomic E-state index is 12.1. The molecule has 28 heavy (non-hydrogen) atoms. The molecule has 0 aliphatic carbocycles. The van der Waals surface area contributed by atoms with Gasteiger partial charge in [0.25, 0.3) is 5.91 Å². The molecule has 148 valence electrons. The number of nitrogens with two attached hydrogens (primary N) is 1. The highest BCUT2D eigenvalue weighted by Gasteiger charge is 2.29. The first kappa shape index (κ1) is 18.7. The first-order valence-electron chi connectivity index (χ1n) is 9.33. The number of primary amides is 1. The van der Waals surface area contributed by atoms with Crippen LogP contribution < -0.4 is 5.73 Å². The van der Waals surface area contributed by atoms with Gasteiger partial charge in [0, 0.05) is 37.1 Å². The van der Waals surface area contributed by atoms with Gasteiger partial charge in [0.2, 0.25) is 10.0 Å². The molecule has 4 rings (SSSR count). The van der Waals surface area contributed by atoms with E-state index in [0.29, 0.717) is 24.2 Å². The molecule has 1 aromatic carbocycles. The van der Waals surface area contributed by atoms with Crippen LogP contribution >= 0.6 is 0 Å². The number of carbonyl (C=O) groups excluding carboxylic acids is 1. The van der Waals surface area contributed by atoms with Crippen molar-refractivity contribution < 1.29 is 13.2 Å². The third kappa shape index (κ3) is 3.20. The summed E-state index contributed by atoms with van der Waals surface area (Å²) < 4.78 is 27.5. The molecule has 1 fully saturated rings. The quantitative estimate of drug-likeness (QED) is 0.680. The number of piperidine rings is 1. The van der Waals surface area contributed by atoms with E-state index >= 15 is 0 Å². The second-order valence-corrected chi connectivity index (χ2v) is 9.31. The van der Waals surface area contributed by atoms with Crippen molar-refractivity contribution in [1.82, 2.24) is 19.1 Å². The fraction of sp³-hybridized carbons (Fsp3) is 0.368. The zero-order chi connectivity index (χ0) is 19.9. The van der Waals surface area contributed by atoms with Gasteiger partial charge in [-0.05, 0) is 49.4 Å². The van der Waals surface area contributed by atoms with E-state index in [-0.39, 0.29) is 11.7 Å². The standard InChI is InChI=1S/C19H23N5O3S/c1-2-28(26,27)23-8-4-13(5-9-23)17-12-21-18-15(17)10-14(11-16(18)19(20)25)24-7-3-6-22-24/h3,6-7,10-13,21H,2,4-5,8-9H2,1H3,(H2,20,25). The predicted molar refractivity (Wildman–Crippen MR) is 107 cm³/mol. The number of H-pyrrole nitrogens is 1. The summed E-state index contributed by atoms with van der Waals surface area (Å²) in [5.41, 5.74) is 8.58. The summed E-state index contributed by atoms with van der Waals surface area (Å²) in [7, 11) is -3.16. The molecule has 0 atom stereocenters. The summed E-state index contributed by atoms with van der Waals surface area (Å²) in [6, 6.07) is 5.54. The number of amides is 1. The first-order valence-corrected chi connectivity index (χ1v) is 10.9. The molecule has 0 unspecified atom stereocenters. The minimum absolute atomic E-state index is 0.125. The summed E-state index contributed by atoms with van der Waals surface area (Å²) >= 11 is 0. The number of nitrogens with one attached hydrogen (secondary N) is 1. The molecule has 1 aliphatic rings. The van der Waals surface area contributed by atoms with Crippen molar-refractivity contribution in [3.05, 3.63) is 47.9 Å². The first-order chi connectivity index (χ1) is 13.4. The van der Waals surface area contributed by atoms with E-state index in [2.05, 4.69) is 10.1 Å². The van der Waals surface area contributed by atoms with Crippen molar-refractivity contribution in [1.29, 1.82) is 0 Å². The average Bonchev–Trinajstić information content (AvgIpc) is 3.37. The van der Waals surface area contributed by atoms with Crippen LogP contribution in [0.5, 0.6) is 0 Å². The van der Waals surface area contributed by atoms with Gasteiger partial charge in [-0.3, -0.25) is 4.79 Å². The Morgan fingerprint density at radius 1 is 1.32 bits per heavy atom. The Hall–Kier alpha value is -2.65. The van der Waals surface area contributed by atoms with Gasteiger partial charge in [-0.1, -0.05) is 0 Å². The number of aromatic amines is 1. The second-order valence-electron chi connectivity index (χ2n) is 7.05. The molecule has 0 spiro atoms. The van der Waals surface area contributed by atoms with Crippen molar-refractivity contribution in [2.75, 3.05) is 18.8 Å². The molecule has 3 aromatic rings. The highest BCUT2D eigenvalue weighted by molar-refractivity contribution is 7.89. The Kier molecular flexibility index (Phi) is 4.72. The zero-order valence-electron chi connectivity index (χ0n) is 15.6. The summed E-state index contributed by atoms with van der Waals surface area (Å²) in [6.45, 7) is 2.69. The predicted octanol–water partition coefficient (Wildman–Crippen LogP) is 1.98. The molecule has 0 bridgehead atoms. The van der Waals surface area contributed by atoms with Crippen LogP contribution in [0, 0.1) is 0 Å². The van der Waals surface area contributed by atoms with Crippen molar-refractivity contribution in [3.8, 4) is 5.69 Å². The maximum absolute atomic E-state index is 12.1. The van der Waals surface area contributed by atoms with Crippen molar-refractivity contribution in [2.24, 2.45) is 5.73 Å². The van der Waals surface area contributed by atoms with Crippen molar-refractivity contribution in [3.63, 3.8) is 0 Å². The largest absolute Gasteiger partial charge is 0.366 e. The molecule has 0 radical (unpaired) electrons. The number of rotatable bonds is 5. The molecule has 2 aromatic heterocycles. The van der Waals surface area contributed by atoms with Crippen LogP contribution in [0.15, 0.2) is 36.8 Å². The highest BCUT2D eigenvalue weighted by atomic mass is 32.2. The second kappa shape index (κ2) is 7.06. The topological polar surface area (TPSA) is 114 Å². The van der Waals surface area contributed by atoms with Crippen LogP contribution in [0.2, 0.25) is 0 Å². The van der Waals surface area contributed by atoms with Crippen molar-refractivity contribution >= 4 is 26.8 Å². The Labute approximate surface area is 163 Å². The molecule has 0 saturated carbocycles. The number of carbonyl (C=O) groups is 1. The van der Waals surface area contributed by atoms with Gasteiger partial charge in [0.05, 0.1) is 22.5 Å². The van der Waals surface area contributed by atoms with Crippen molar-refractivity contribution in [2.45, 2.75) is 25.7 Å². The maximum Gasteiger partial charge on any atom is 0.250 e. The number of hydrogen-bond acceptors (Lipinski definition) is 4. The number of fused-ring (bicyclic) bond motifs is 1. The lowest BCUT2D eigenvalue weighted by Crippen LogP contribution is -2.38. The van der Waals surface area contributed by atoms with E-state index in [1.54, 1.807) is 28.2 Å². The Morgan fingerprint density at radius 2 is 2.07 bits per heavy atom. The molecule has 3 N–H and O–H groups in total. The van der Waals surface area contributed by atoms with E-state index in [1.807, 2.05) is 24.5 Å². The summed E-state index contributed by atoms with van der Waals surface area (Å²) in [5.74, 6) is -0.165. The van der Waals surface area contributed by atoms with E-state index in [4.69, 9.17) is 5.73 Å². The summed E-state index contributed by atoms with van der Waals surface area (Å²) in [6.07, 6.45) is 6.88. The van der Waals surface area contributed by atoms with Crippen LogP contribution in [-0.4, -0.2) is 52.2 Å². The van der Waals surface area contributed by atoms with Gasteiger partial charge in [0.1, 0.15) is 0 Å². The van der Waals surface area contributed by atoms with E-state index in [9.17, 15) is 13.2 Å². The average molecular weight is 401 g/mol. The monoisotopic (exact) mass is 401 g/mol. The van der Waals surface area contributed by atoms with Gasteiger partial charge in [-0.15, -0.1) is 0 Å². The third-order valence-electron chi connectivity index (χ3n) is 5.49. The molecular weight excluding hydrogens is 378 g/mol. The Morgan fingerprint density at radius 3 is 2.68 bits per heavy atom. The molecule has 1 saturated heterocycles. The molecule has 3 heterocycles. The molecule has 1 amide bonds. The van der Waals surface area contributed by atoms with Gasteiger partial charge < -0.3 is 10.7 Å². The molecule has 9 heteroatoms. The lowest BCUT2D eigenvalue weighted by Gasteiger charge is -2.31. The van der Waals surface area contributed by atoms with Crippen LogP contribution in [0.4, 0.5) is 0 Å². The van der Waals surface area contributed by atoms with E-state index in [0.717, 1.165) is 29.5 Å². The van der Waals surface area contributed by atoms with Crippen LogP contribution in [0.25, 0.3) is 16.6 Å². The molecule has 1 aliphatic heterocycles. The zero-order valence-corrected chi connectivity index (χ0v) is 16.4. The fourth-order valence-electron chi connectivity index (χ4n) is 3.95. The lowest BCUT2D eigenvalue weighted by molar-refractivity contribution is 0.100. The molecule has 8 nitrogen and oxygen atoms in total. The Bertz CT molecular complexity index is 1110. The number of aromatic nitrogens is 3. The van der Waals surface area contributed by atoms with Crippen LogP contribution in [0.3, 0.4) is 0 Å². The van der Waals surface area contributed by atoms with Crippen LogP contribution in [0.1, 0.15) is 41.6 Å². The SMILES string of the molecule is CCS(=O)(=O)N1CCC(c2c[nH]c3c(C(N)=O)cc(-n4cccn4)cc23)CC1. The van der Waals surface area contributed by atoms with Gasteiger partial charge in [0.15, 0.2) is 0 Å². The third-order valence-corrected chi connectivity index (χ3v) is 7.37. The van der Waals surface area contributed by atoms with E-state index < -0.39 is 15.9 Å². The minimum Gasteiger partial charge on any atom is -0.366 e. The van der Waals surface area contributed by atoms with Gasteiger partial charge in [-0.2, -0.15) is 5.10 Å². The fourth-order valence-corrected chi connectivity index (χ4v) is 5.08. The number of nitrogens with zero attached hydrogens (tertiary/aromatic N) is 3. The number of benzene rings is 1. The number of sulfonamides is 1. The normalized spacial score (nSPS) is 16.6. The Balaban J connectivity index is 1.72. The van der Waals surface area contributed by atoms with Gasteiger partial charge >= 0.3 is 0 Å². The number of hydrogen-bond donors (Lipinski definition) is 2. The summed E-state index contributed by atoms with van der Waals surface area (Å²) in [5, 5.41) is 5.18. The minimum atomic E-state index is -3.16. The molecular formula is C19H23N5O3S.